The van der Waals surface area contributed by atoms with Gasteiger partial charge in [0.15, 0.2) is 0 Å². The summed E-state index contributed by atoms with van der Waals surface area (Å²) in [6, 6.07) is -0.762. The normalized spacial score (nSPS) is 28.1. The van der Waals surface area contributed by atoms with Crippen molar-refractivity contribution in [1.82, 2.24) is 15.5 Å². The molecule has 3 rings (SSSR count). The van der Waals surface area contributed by atoms with Crippen LogP contribution in [-0.4, -0.2) is 59.2 Å². The molecule has 9 heteroatoms. The zero-order valence-corrected chi connectivity index (χ0v) is 21.5. The van der Waals surface area contributed by atoms with Crippen LogP contribution in [0.2, 0.25) is 0 Å². The third-order valence-electron chi connectivity index (χ3n) is 6.60. The van der Waals surface area contributed by atoms with Gasteiger partial charge in [-0.15, -0.1) is 0 Å². The Morgan fingerprint density at radius 1 is 0.853 bits per heavy atom. The van der Waals surface area contributed by atoms with Gasteiger partial charge in [-0.25, -0.2) is 9.59 Å². The number of amides is 4. The van der Waals surface area contributed by atoms with Crippen molar-refractivity contribution in [2.45, 2.75) is 72.6 Å². The van der Waals surface area contributed by atoms with Crippen molar-refractivity contribution in [3.05, 3.63) is 12.2 Å². The number of hydrogen-bond donors (Lipinski definition) is 2. The summed E-state index contributed by atoms with van der Waals surface area (Å²) in [5.41, 5.74) is -1.39. The number of carbonyl (C=O) groups excluding carboxylic acids is 4. The highest BCUT2D eigenvalue weighted by atomic mass is 16.6. The predicted molar refractivity (Wildman–Crippen MR) is 126 cm³/mol. The lowest BCUT2D eigenvalue weighted by Crippen LogP contribution is -2.54. The van der Waals surface area contributed by atoms with Crippen LogP contribution < -0.4 is 10.6 Å². The smallest absolute Gasteiger partial charge is 0.407 e. The second-order valence-corrected chi connectivity index (χ2v) is 11.9. The van der Waals surface area contributed by atoms with E-state index in [1.165, 1.54) is 4.90 Å². The molecule has 0 aromatic heterocycles. The van der Waals surface area contributed by atoms with Crippen LogP contribution in [0.15, 0.2) is 12.2 Å². The molecule has 1 saturated carbocycles. The van der Waals surface area contributed by atoms with Gasteiger partial charge in [0, 0.05) is 13.1 Å². The first-order valence-electron chi connectivity index (χ1n) is 12.1. The molecular weight excluding hydrogens is 438 g/mol. The quantitative estimate of drug-likeness (QED) is 0.449. The number of likely N-dealkylation sites (tertiary alicyclic amines) is 1. The van der Waals surface area contributed by atoms with Crippen LogP contribution in [0.25, 0.3) is 0 Å². The van der Waals surface area contributed by atoms with E-state index in [0.29, 0.717) is 5.92 Å². The molecule has 190 valence electrons. The lowest BCUT2D eigenvalue weighted by atomic mass is 9.83. The van der Waals surface area contributed by atoms with E-state index in [1.807, 2.05) is 0 Å². The van der Waals surface area contributed by atoms with Crippen molar-refractivity contribution in [3.8, 4) is 0 Å². The number of imide groups is 1. The Kier molecular flexibility index (Phi) is 7.06. The Bertz CT molecular complexity index is 805. The number of nitrogens with one attached hydrogen (secondary N) is 2. The molecule has 1 unspecified atom stereocenters. The van der Waals surface area contributed by atoms with Crippen LogP contribution in [-0.2, 0) is 19.1 Å². The number of alkyl carbamates (subject to hydrolysis) is 2. The Balaban J connectivity index is 1.76. The standard InChI is InChI=1S/C25H39N3O6/c1-13(2)17-15-9-10-16(17)19-18(15)20(29)28(21(19)30)14(11-26-22(31)33-24(3,4)5)12-27-23(32)34-25(6,7)8/h9-10,13-19H,11-12H2,1-8H3,(H,26,31)(H,27,32)/t15-,16-,17?,18-,19+/m1/s1. The molecule has 1 aliphatic heterocycles. The fourth-order valence-electron chi connectivity index (χ4n) is 5.57. The maximum atomic E-state index is 13.5. The van der Waals surface area contributed by atoms with Crippen LogP contribution in [0.5, 0.6) is 0 Å². The van der Waals surface area contributed by atoms with Gasteiger partial charge in [-0.05, 0) is 65.2 Å². The third-order valence-corrected chi connectivity index (χ3v) is 6.60. The molecule has 2 bridgehead atoms. The summed E-state index contributed by atoms with van der Waals surface area (Å²) < 4.78 is 10.6. The summed E-state index contributed by atoms with van der Waals surface area (Å²) in [7, 11) is 0. The maximum absolute atomic E-state index is 13.5. The summed E-state index contributed by atoms with van der Waals surface area (Å²) >= 11 is 0. The van der Waals surface area contributed by atoms with E-state index in [9.17, 15) is 19.2 Å². The monoisotopic (exact) mass is 477 g/mol. The first-order valence-corrected chi connectivity index (χ1v) is 12.1. The zero-order valence-electron chi connectivity index (χ0n) is 21.5. The first kappa shape index (κ1) is 26.0. The average molecular weight is 478 g/mol. The summed E-state index contributed by atoms with van der Waals surface area (Å²) in [6.07, 6.45) is 2.85. The largest absolute Gasteiger partial charge is 0.444 e. The molecule has 1 saturated heterocycles. The molecule has 0 spiro atoms. The third kappa shape index (κ3) is 5.39. The zero-order chi connectivity index (χ0) is 25.6. The van der Waals surface area contributed by atoms with Crippen LogP contribution in [0, 0.1) is 35.5 Å². The van der Waals surface area contributed by atoms with E-state index in [-0.39, 0.29) is 54.5 Å². The van der Waals surface area contributed by atoms with Gasteiger partial charge >= 0.3 is 12.2 Å². The molecule has 34 heavy (non-hydrogen) atoms. The summed E-state index contributed by atoms with van der Waals surface area (Å²) in [6.45, 7) is 14.7. The van der Waals surface area contributed by atoms with Gasteiger partial charge in [0.2, 0.25) is 11.8 Å². The highest BCUT2D eigenvalue weighted by Gasteiger charge is 2.64. The van der Waals surface area contributed by atoms with E-state index in [4.69, 9.17) is 9.47 Å². The molecule has 9 nitrogen and oxygen atoms in total. The van der Waals surface area contributed by atoms with Gasteiger partial charge in [0.1, 0.15) is 11.2 Å². The Hall–Kier alpha value is -2.58. The lowest BCUT2D eigenvalue weighted by Gasteiger charge is -2.31. The molecule has 4 amide bonds. The van der Waals surface area contributed by atoms with Crippen molar-refractivity contribution in [2.24, 2.45) is 35.5 Å². The van der Waals surface area contributed by atoms with E-state index >= 15 is 0 Å². The number of rotatable bonds is 6. The fraction of sp³-hybridized carbons (Fsp3) is 0.760. The molecule has 3 aliphatic rings. The number of nitrogens with zero attached hydrogens (tertiary/aromatic N) is 1. The van der Waals surface area contributed by atoms with Crippen molar-refractivity contribution < 1.29 is 28.7 Å². The van der Waals surface area contributed by atoms with Crippen molar-refractivity contribution >= 4 is 24.0 Å². The minimum Gasteiger partial charge on any atom is -0.444 e. The van der Waals surface area contributed by atoms with Crippen LogP contribution in [0.3, 0.4) is 0 Å². The van der Waals surface area contributed by atoms with Crippen molar-refractivity contribution in [2.75, 3.05) is 13.1 Å². The average Bonchev–Trinajstić information content (AvgIpc) is 3.30. The van der Waals surface area contributed by atoms with Crippen LogP contribution >= 0.6 is 0 Å². The Morgan fingerprint density at radius 3 is 1.56 bits per heavy atom. The summed E-state index contributed by atoms with van der Waals surface area (Å²) in [5.74, 6) is -0.532. The van der Waals surface area contributed by atoms with E-state index < -0.39 is 29.4 Å². The van der Waals surface area contributed by atoms with Gasteiger partial charge in [0.25, 0.3) is 0 Å². The summed E-state index contributed by atoms with van der Waals surface area (Å²) in [4.78, 5) is 52.8. The first-order chi connectivity index (χ1) is 15.6. The minimum absolute atomic E-state index is 0.0368. The highest BCUT2D eigenvalue weighted by molar-refractivity contribution is 6.07. The Labute approximate surface area is 202 Å². The Morgan fingerprint density at radius 2 is 1.24 bits per heavy atom. The highest BCUT2D eigenvalue weighted by Crippen LogP contribution is 2.58. The SMILES string of the molecule is CC(C)C1[C@H]2C=C[C@H]1[C@H]1C(=O)N(C(CNC(=O)OC(C)(C)C)CNC(=O)OC(C)(C)C)C(=O)[C@H]12. The number of ether oxygens (including phenoxy) is 2. The number of allylic oxidation sites excluding steroid dienone is 2. The van der Waals surface area contributed by atoms with E-state index in [2.05, 4.69) is 36.6 Å². The van der Waals surface area contributed by atoms with Gasteiger partial charge in [-0.1, -0.05) is 26.0 Å². The van der Waals surface area contributed by atoms with Crippen LogP contribution in [0.4, 0.5) is 9.59 Å². The topological polar surface area (TPSA) is 114 Å². The van der Waals surface area contributed by atoms with Crippen molar-refractivity contribution in [3.63, 3.8) is 0 Å². The van der Waals surface area contributed by atoms with Gasteiger partial charge in [-0.3, -0.25) is 14.5 Å². The lowest BCUT2D eigenvalue weighted by molar-refractivity contribution is -0.143. The maximum Gasteiger partial charge on any atom is 0.407 e. The second kappa shape index (κ2) is 9.23. The molecule has 1 heterocycles. The van der Waals surface area contributed by atoms with Crippen LogP contribution in [0.1, 0.15) is 55.4 Å². The van der Waals surface area contributed by atoms with E-state index in [0.717, 1.165) is 0 Å². The summed E-state index contributed by atoms with van der Waals surface area (Å²) in [5, 5.41) is 5.29. The molecule has 0 aromatic rings. The molecule has 0 radical (unpaired) electrons. The molecular formula is C25H39N3O6. The minimum atomic E-state index is -0.762. The molecule has 2 aliphatic carbocycles. The molecule has 2 fully saturated rings. The second-order valence-electron chi connectivity index (χ2n) is 11.9. The van der Waals surface area contributed by atoms with Crippen molar-refractivity contribution in [1.29, 1.82) is 0 Å². The molecule has 0 aromatic carbocycles. The number of hydrogen-bond acceptors (Lipinski definition) is 6. The molecule has 5 atom stereocenters. The molecule has 2 N–H and O–H groups in total. The number of carbonyl (C=O) groups is 4. The number of fused-ring (bicyclic) bond motifs is 5. The predicted octanol–water partition coefficient (Wildman–Crippen LogP) is 3.09. The van der Waals surface area contributed by atoms with Gasteiger partial charge in [-0.2, -0.15) is 0 Å². The fourth-order valence-corrected chi connectivity index (χ4v) is 5.57. The van der Waals surface area contributed by atoms with E-state index in [1.54, 1.807) is 41.5 Å². The van der Waals surface area contributed by atoms with Gasteiger partial charge in [0.05, 0.1) is 17.9 Å². The van der Waals surface area contributed by atoms with Gasteiger partial charge < -0.3 is 20.1 Å².